The van der Waals surface area contributed by atoms with Crippen LogP contribution in [0.25, 0.3) is 10.9 Å². The Labute approximate surface area is 337 Å². The molecule has 5 aliphatic rings. The maximum atomic E-state index is 14.8. The summed E-state index contributed by atoms with van der Waals surface area (Å²) >= 11 is 0. The van der Waals surface area contributed by atoms with Gasteiger partial charge in [-0.05, 0) is 88.7 Å². The van der Waals surface area contributed by atoms with E-state index in [9.17, 15) is 40.8 Å². The number of hydrogen-bond acceptors (Lipinski definition) is 9. The molecule has 1 saturated heterocycles. The second kappa shape index (κ2) is 14.9. The lowest BCUT2D eigenvalue weighted by Crippen LogP contribution is -2.48. The minimum atomic E-state index is -4.87. The highest BCUT2D eigenvalue weighted by Crippen LogP contribution is 2.58. The van der Waals surface area contributed by atoms with Crippen molar-refractivity contribution in [2.75, 3.05) is 13.2 Å². The van der Waals surface area contributed by atoms with Gasteiger partial charge in [-0.3, -0.25) is 23.9 Å². The van der Waals surface area contributed by atoms with Crippen molar-refractivity contribution in [3.05, 3.63) is 47.2 Å². The molecule has 15 heteroatoms. The summed E-state index contributed by atoms with van der Waals surface area (Å²) in [7, 11) is -4.04. The zero-order valence-electron chi connectivity index (χ0n) is 33.9. The number of sulfonamides is 1. The molecule has 5 atom stereocenters. The Hall–Kier alpha value is -4.01. The van der Waals surface area contributed by atoms with Gasteiger partial charge in [0.05, 0.1) is 41.3 Å². The monoisotopic (exact) mass is 829 g/mol. The van der Waals surface area contributed by atoms with Crippen LogP contribution in [0.15, 0.2) is 30.4 Å². The third-order valence-electron chi connectivity index (χ3n) is 12.8. The molecular formula is C43H54F3N3O8S. The standard InChI is InChI=1S/C43H54F3N3O8S/c1-26-13-14-31-30(19-26)29-15-16-41(57-35(29)36(47-31)43(44,45)46)22-32-33(50)23-42(38(53)48-58(54,55)40(5)17-18-40)21-28(42)12-10-8-6-7-9-11-27(37(52)49(32)24-41)20-34(51)56-25-39(2,3)4/h10,12-14,19,27-28,32H,6-9,11,15-18,20-25H2,1-5H3,(H,48,53)/b12-10-/t27-,28-,32+,41-,42-/m1/s1. The molecule has 2 saturated carbocycles. The fourth-order valence-corrected chi connectivity index (χ4v) is 10.2. The molecule has 4 heterocycles. The normalized spacial score (nSPS) is 29.3. The highest BCUT2D eigenvalue weighted by molar-refractivity contribution is 7.91. The van der Waals surface area contributed by atoms with Crippen molar-refractivity contribution in [1.29, 1.82) is 0 Å². The van der Waals surface area contributed by atoms with Gasteiger partial charge in [0, 0.05) is 29.7 Å². The Balaban J connectivity index is 1.26. The zero-order chi connectivity index (χ0) is 42.1. The summed E-state index contributed by atoms with van der Waals surface area (Å²) in [6.07, 6.45) is 2.58. The molecule has 0 bridgehead atoms. The van der Waals surface area contributed by atoms with Gasteiger partial charge in [-0.2, -0.15) is 13.2 Å². The number of carbonyl (C=O) groups is 4. The van der Waals surface area contributed by atoms with E-state index in [2.05, 4.69) is 9.71 Å². The van der Waals surface area contributed by atoms with Crippen molar-refractivity contribution < 1.29 is 50.2 Å². The fourth-order valence-electron chi connectivity index (χ4n) is 8.86. The molecule has 1 spiro atoms. The molecule has 0 unspecified atom stereocenters. The van der Waals surface area contributed by atoms with E-state index in [1.54, 1.807) is 25.1 Å². The lowest BCUT2D eigenvalue weighted by molar-refractivity contribution is -0.152. The van der Waals surface area contributed by atoms with Gasteiger partial charge in [-0.25, -0.2) is 13.4 Å². The molecule has 3 fully saturated rings. The highest BCUT2D eigenvalue weighted by atomic mass is 32.2. The summed E-state index contributed by atoms with van der Waals surface area (Å²) in [6, 6.07) is 3.79. The van der Waals surface area contributed by atoms with Gasteiger partial charge in [0.25, 0.3) is 0 Å². The first-order chi connectivity index (χ1) is 27.1. The van der Waals surface area contributed by atoms with E-state index in [0.717, 1.165) is 18.4 Å². The average Bonchev–Trinajstić information content (AvgIpc) is 4.03. The number of hydrogen-bond donors (Lipinski definition) is 1. The topological polar surface area (TPSA) is 149 Å². The van der Waals surface area contributed by atoms with E-state index in [1.165, 1.54) is 4.90 Å². The number of ether oxygens (including phenoxy) is 2. The Bertz CT molecular complexity index is 2160. The van der Waals surface area contributed by atoms with Crippen LogP contribution < -0.4 is 9.46 Å². The van der Waals surface area contributed by atoms with Crippen LogP contribution in [0.2, 0.25) is 0 Å². The molecule has 3 aliphatic heterocycles. The second-order valence-electron chi connectivity index (χ2n) is 18.9. The number of esters is 1. The number of benzene rings is 1. The van der Waals surface area contributed by atoms with Crippen molar-refractivity contribution in [3.63, 3.8) is 0 Å². The van der Waals surface area contributed by atoms with Crippen LogP contribution in [0.3, 0.4) is 0 Å². The summed E-state index contributed by atoms with van der Waals surface area (Å²) in [4.78, 5) is 62.2. The van der Waals surface area contributed by atoms with Crippen LogP contribution in [0.5, 0.6) is 5.75 Å². The predicted octanol–water partition coefficient (Wildman–Crippen LogP) is 7.31. The molecule has 7 rings (SSSR count). The second-order valence-corrected chi connectivity index (χ2v) is 21.1. The maximum absolute atomic E-state index is 14.8. The van der Waals surface area contributed by atoms with Crippen LogP contribution >= 0.6 is 0 Å². The number of rotatable bonds is 6. The number of carbonyl (C=O) groups excluding carboxylic acids is 4. The quantitative estimate of drug-likeness (QED) is 0.234. The van der Waals surface area contributed by atoms with Gasteiger partial charge >= 0.3 is 12.1 Å². The van der Waals surface area contributed by atoms with E-state index in [-0.39, 0.29) is 56.2 Å². The van der Waals surface area contributed by atoms with Crippen LogP contribution in [-0.2, 0) is 46.5 Å². The van der Waals surface area contributed by atoms with Crippen molar-refractivity contribution >= 4 is 44.5 Å². The number of ketones is 1. The number of Topliss-reactive ketones (excluding diaryl/α,β-unsaturated/α-hetero) is 1. The average molecular weight is 830 g/mol. The fraction of sp³-hybridized carbons (Fsp3) is 0.651. The zero-order valence-corrected chi connectivity index (χ0v) is 34.7. The Morgan fingerprint density at radius 2 is 1.81 bits per heavy atom. The van der Waals surface area contributed by atoms with E-state index in [1.807, 2.05) is 39.8 Å². The Morgan fingerprint density at radius 3 is 2.50 bits per heavy atom. The minimum Gasteiger partial charge on any atom is -0.483 e. The molecule has 0 radical (unpaired) electrons. The lowest BCUT2D eigenvalue weighted by atomic mass is 9.85. The Morgan fingerprint density at radius 1 is 1.07 bits per heavy atom. The minimum absolute atomic E-state index is 0.129. The molecule has 2 amide bonds. The third kappa shape index (κ3) is 8.38. The summed E-state index contributed by atoms with van der Waals surface area (Å²) in [5, 5.41) is 0.530. The van der Waals surface area contributed by atoms with Crippen molar-refractivity contribution in [3.8, 4) is 5.75 Å². The van der Waals surface area contributed by atoms with Gasteiger partial charge in [0.1, 0.15) is 5.60 Å². The largest absolute Gasteiger partial charge is 0.483 e. The number of fused-ring (bicyclic) bond motifs is 5. The van der Waals surface area contributed by atoms with Crippen molar-refractivity contribution in [1.82, 2.24) is 14.6 Å². The van der Waals surface area contributed by atoms with Crippen molar-refractivity contribution in [2.24, 2.45) is 22.7 Å². The SMILES string of the molecule is Cc1ccc2nc(C(F)(F)F)c3c(c2c1)CC[C@]1(C[C@H]2C(=O)C[C@]4(C(=O)NS(=O)(=O)C5(C)CC5)C[C@H]4/C=C\CCCCC[C@H](CC(=O)OCC(C)(C)C)C(=O)N2C1)O3. The van der Waals surface area contributed by atoms with E-state index < -0.39 is 91.3 Å². The van der Waals surface area contributed by atoms with Crippen LogP contribution in [-0.4, -0.2) is 71.4 Å². The van der Waals surface area contributed by atoms with Crippen LogP contribution in [0.4, 0.5) is 13.2 Å². The number of amides is 2. The first-order valence-electron chi connectivity index (χ1n) is 20.5. The van der Waals surface area contributed by atoms with Gasteiger partial charge < -0.3 is 14.4 Å². The maximum Gasteiger partial charge on any atom is 0.437 e. The predicted molar refractivity (Wildman–Crippen MR) is 209 cm³/mol. The van der Waals surface area contributed by atoms with E-state index in [4.69, 9.17) is 9.47 Å². The molecular weight excluding hydrogens is 776 g/mol. The van der Waals surface area contributed by atoms with E-state index >= 15 is 0 Å². The summed E-state index contributed by atoms with van der Waals surface area (Å²) < 4.78 is 83.9. The van der Waals surface area contributed by atoms with Gasteiger partial charge in [-0.15, -0.1) is 0 Å². The first kappa shape index (κ1) is 42.1. The number of nitrogens with zero attached hydrogens (tertiary/aromatic N) is 2. The van der Waals surface area contributed by atoms with Crippen LogP contribution in [0.1, 0.15) is 122 Å². The molecule has 1 aromatic heterocycles. The molecule has 2 aliphatic carbocycles. The van der Waals surface area contributed by atoms with Gasteiger partial charge in [0.15, 0.2) is 17.2 Å². The molecule has 58 heavy (non-hydrogen) atoms. The summed E-state index contributed by atoms with van der Waals surface area (Å²) in [6.45, 7) is 9.03. The van der Waals surface area contributed by atoms with Crippen LogP contribution in [0, 0.1) is 29.6 Å². The number of nitrogens with one attached hydrogen (secondary N) is 1. The number of allylic oxidation sites excluding steroid dienone is 2. The van der Waals surface area contributed by atoms with Gasteiger partial charge in [0.2, 0.25) is 21.8 Å². The number of halogens is 3. The number of aromatic nitrogens is 1. The smallest absolute Gasteiger partial charge is 0.437 e. The first-order valence-corrected chi connectivity index (χ1v) is 22.0. The lowest BCUT2D eigenvalue weighted by Gasteiger charge is -2.37. The molecule has 1 N–H and O–H groups in total. The number of pyridine rings is 1. The van der Waals surface area contributed by atoms with Crippen molar-refractivity contribution in [2.45, 2.75) is 141 Å². The number of aryl methyl sites for hydroxylation is 2. The van der Waals surface area contributed by atoms with Gasteiger partial charge in [-0.1, -0.05) is 57.4 Å². The van der Waals surface area contributed by atoms with E-state index in [0.29, 0.717) is 43.1 Å². The highest BCUT2D eigenvalue weighted by Gasteiger charge is 2.63. The third-order valence-corrected chi connectivity index (χ3v) is 15.0. The Kier molecular flexibility index (Phi) is 10.8. The number of alkyl halides is 3. The molecule has 11 nitrogen and oxygen atoms in total. The molecule has 1 aromatic carbocycles. The molecule has 2 aromatic rings. The molecule has 316 valence electrons. The summed E-state index contributed by atoms with van der Waals surface area (Å²) in [5.74, 6) is -4.11. The summed E-state index contributed by atoms with van der Waals surface area (Å²) in [5.41, 5.74) is -2.97.